The summed E-state index contributed by atoms with van der Waals surface area (Å²) >= 11 is 0. The van der Waals surface area contributed by atoms with E-state index in [0.717, 1.165) is 0 Å². The normalized spacial score (nSPS) is 16.2. The molecule has 0 atom stereocenters. The van der Waals surface area contributed by atoms with Gasteiger partial charge in [0.15, 0.2) is 0 Å². The molecule has 2 aliphatic rings. The van der Waals surface area contributed by atoms with Crippen LogP contribution in [0.3, 0.4) is 0 Å². The smallest absolute Gasteiger partial charge is 0.272 e. The van der Waals surface area contributed by atoms with Gasteiger partial charge in [0.2, 0.25) is 0 Å². The summed E-state index contributed by atoms with van der Waals surface area (Å²) in [6.07, 6.45) is 3.39. The Balaban J connectivity index is 1.35. The van der Waals surface area contributed by atoms with Gasteiger partial charge in [-0.05, 0) is 49.6 Å². The summed E-state index contributed by atoms with van der Waals surface area (Å²) in [5.41, 5.74) is 1.31. The Bertz CT molecular complexity index is 1060. The van der Waals surface area contributed by atoms with E-state index < -0.39 is 0 Å². The lowest BCUT2D eigenvalue weighted by molar-refractivity contribution is 0.0636. The molecule has 0 aliphatic carbocycles. The first-order chi connectivity index (χ1) is 16.0. The largest absolute Gasteiger partial charge is 0.385 e. The Hall–Kier alpha value is -3.59. The van der Waals surface area contributed by atoms with Gasteiger partial charge in [0, 0.05) is 51.2 Å². The number of benzene rings is 1. The van der Waals surface area contributed by atoms with Gasteiger partial charge in [0.05, 0.1) is 11.1 Å². The zero-order chi connectivity index (χ0) is 23.4. The van der Waals surface area contributed by atoms with Crippen LogP contribution in [0.15, 0.2) is 42.6 Å². The molecule has 1 aromatic carbocycles. The van der Waals surface area contributed by atoms with Gasteiger partial charge in [-0.15, -0.1) is 0 Å². The number of pyridine rings is 1. The fourth-order valence-electron chi connectivity index (χ4n) is 4.15. The number of hydrogen-bond acceptors (Lipinski definition) is 6. The van der Waals surface area contributed by atoms with E-state index in [1.807, 2.05) is 0 Å². The number of fused-ring (bicyclic) bond motifs is 1. The van der Waals surface area contributed by atoms with Gasteiger partial charge in [0.1, 0.15) is 5.69 Å². The van der Waals surface area contributed by atoms with Gasteiger partial charge in [-0.1, -0.05) is 6.07 Å². The lowest BCUT2D eigenvalue weighted by Crippen LogP contribution is -2.46. The minimum atomic E-state index is -0.387. The number of rotatable bonds is 7. The zero-order valence-corrected chi connectivity index (χ0v) is 18.5. The third-order valence-electron chi connectivity index (χ3n) is 5.96. The van der Waals surface area contributed by atoms with Crippen LogP contribution < -0.4 is 5.32 Å². The number of ether oxygens (including phenoxy) is 1. The van der Waals surface area contributed by atoms with Gasteiger partial charge < -0.3 is 15.0 Å². The average molecular weight is 450 g/mol. The molecule has 4 rings (SSSR count). The Kier molecular flexibility index (Phi) is 6.79. The third kappa shape index (κ3) is 4.78. The van der Waals surface area contributed by atoms with Gasteiger partial charge in [-0.3, -0.25) is 29.1 Å². The van der Waals surface area contributed by atoms with Crippen molar-refractivity contribution in [2.75, 3.05) is 33.4 Å². The Labute approximate surface area is 191 Å². The van der Waals surface area contributed by atoms with Crippen LogP contribution in [-0.2, 0) is 4.74 Å². The highest BCUT2D eigenvalue weighted by molar-refractivity contribution is 6.22. The van der Waals surface area contributed by atoms with E-state index in [1.165, 1.54) is 17.0 Å². The van der Waals surface area contributed by atoms with Gasteiger partial charge in [0.25, 0.3) is 23.6 Å². The van der Waals surface area contributed by atoms with Crippen LogP contribution in [0, 0.1) is 0 Å². The molecule has 0 unspecified atom stereocenters. The maximum atomic E-state index is 12.8. The quantitative estimate of drug-likeness (QED) is 0.509. The minimum absolute atomic E-state index is 0.0820. The summed E-state index contributed by atoms with van der Waals surface area (Å²) in [6, 6.07) is 9.74. The maximum absolute atomic E-state index is 12.8. The Morgan fingerprint density at radius 2 is 1.85 bits per heavy atom. The molecule has 1 fully saturated rings. The number of amides is 4. The van der Waals surface area contributed by atoms with E-state index in [-0.39, 0.29) is 41.8 Å². The second-order valence-corrected chi connectivity index (χ2v) is 8.12. The Morgan fingerprint density at radius 1 is 1.09 bits per heavy atom. The molecular formula is C24H26N4O5. The lowest BCUT2D eigenvalue weighted by atomic mass is 10.0. The van der Waals surface area contributed by atoms with E-state index in [4.69, 9.17) is 4.74 Å². The number of carbonyl (C=O) groups excluding carboxylic acids is 4. The van der Waals surface area contributed by atoms with Gasteiger partial charge in [-0.25, -0.2) is 0 Å². The second-order valence-electron chi connectivity index (χ2n) is 8.12. The van der Waals surface area contributed by atoms with Crippen molar-refractivity contribution >= 4 is 23.6 Å². The molecule has 1 saturated heterocycles. The van der Waals surface area contributed by atoms with Crippen molar-refractivity contribution in [2.24, 2.45) is 0 Å². The number of aromatic nitrogens is 1. The summed E-state index contributed by atoms with van der Waals surface area (Å²) < 4.78 is 4.99. The molecule has 172 valence electrons. The second kappa shape index (κ2) is 9.91. The van der Waals surface area contributed by atoms with Crippen LogP contribution in [0.5, 0.6) is 0 Å². The standard InChI is InChI=1S/C24H26N4O5/c1-33-14-4-11-28-22(30)18-7-6-16(15-19(18)23(28)31)21(29)26-17-8-12-27(13-9-17)24(32)20-5-2-3-10-25-20/h2-3,5-7,10,15,17H,4,8-9,11-14H2,1H3,(H,26,29). The number of hydrogen-bond donors (Lipinski definition) is 1. The first-order valence-corrected chi connectivity index (χ1v) is 11.0. The van der Waals surface area contributed by atoms with Crippen LogP contribution in [0.1, 0.15) is 60.8 Å². The maximum Gasteiger partial charge on any atom is 0.272 e. The van der Waals surface area contributed by atoms with E-state index in [0.29, 0.717) is 55.8 Å². The van der Waals surface area contributed by atoms with Crippen molar-refractivity contribution < 1.29 is 23.9 Å². The number of methoxy groups -OCH3 is 1. The summed E-state index contributed by atoms with van der Waals surface area (Å²) in [6.45, 7) is 1.77. The predicted octanol–water partition coefficient (Wildman–Crippen LogP) is 1.75. The molecule has 33 heavy (non-hydrogen) atoms. The molecule has 3 heterocycles. The van der Waals surface area contributed by atoms with E-state index >= 15 is 0 Å². The highest BCUT2D eigenvalue weighted by atomic mass is 16.5. The van der Waals surface area contributed by atoms with Crippen LogP contribution in [0.25, 0.3) is 0 Å². The summed E-state index contributed by atoms with van der Waals surface area (Å²) in [7, 11) is 1.56. The van der Waals surface area contributed by atoms with Crippen LogP contribution >= 0.6 is 0 Å². The predicted molar refractivity (Wildman–Crippen MR) is 119 cm³/mol. The summed E-state index contributed by atoms with van der Waals surface area (Å²) in [4.78, 5) is 57.6. The van der Waals surface area contributed by atoms with Gasteiger partial charge in [-0.2, -0.15) is 0 Å². The van der Waals surface area contributed by atoms with Crippen LogP contribution in [0.2, 0.25) is 0 Å². The summed E-state index contributed by atoms with van der Waals surface area (Å²) in [5, 5.41) is 2.99. The van der Waals surface area contributed by atoms with Crippen molar-refractivity contribution in [3.8, 4) is 0 Å². The number of piperidine rings is 1. The highest BCUT2D eigenvalue weighted by Gasteiger charge is 2.35. The SMILES string of the molecule is COCCCN1C(=O)c2ccc(C(=O)NC3CCN(C(=O)c4ccccn4)CC3)cc2C1=O. The van der Waals surface area contributed by atoms with E-state index in [9.17, 15) is 19.2 Å². The van der Waals surface area contributed by atoms with Crippen molar-refractivity contribution in [1.29, 1.82) is 0 Å². The molecule has 2 aliphatic heterocycles. The number of carbonyl (C=O) groups is 4. The van der Waals surface area contributed by atoms with Crippen molar-refractivity contribution in [3.05, 3.63) is 65.0 Å². The average Bonchev–Trinajstić information content (AvgIpc) is 3.09. The Morgan fingerprint density at radius 3 is 2.55 bits per heavy atom. The number of nitrogens with zero attached hydrogens (tertiary/aromatic N) is 3. The molecular weight excluding hydrogens is 424 g/mol. The number of nitrogens with one attached hydrogen (secondary N) is 1. The molecule has 1 aromatic heterocycles. The minimum Gasteiger partial charge on any atom is -0.385 e. The van der Waals surface area contributed by atoms with Gasteiger partial charge >= 0.3 is 0 Å². The summed E-state index contributed by atoms with van der Waals surface area (Å²) in [5.74, 6) is -1.15. The van der Waals surface area contributed by atoms with Crippen molar-refractivity contribution in [2.45, 2.75) is 25.3 Å². The topological polar surface area (TPSA) is 109 Å². The van der Waals surface area contributed by atoms with Crippen molar-refractivity contribution in [3.63, 3.8) is 0 Å². The van der Waals surface area contributed by atoms with E-state index in [1.54, 1.807) is 42.5 Å². The molecule has 0 bridgehead atoms. The fraction of sp³-hybridized carbons (Fsp3) is 0.375. The monoisotopic (exact) mass is 450 g/mol. The molecule has 2 aromatic rings. The van der Waals surface area contributed by atoms with Crippen LogP contribution in [-0.4, -0.2) is 77.8 Å². The number of likely N-dealkylation sites (tertiary alicyclic amines) is 1. The molecule has 0 radical (unpaired) electrons. The number of imide groups is 1. The molecule has 0 spiro atoms. The fourth-order valence-corrected chi connectivity index (χ4v) is 4.15. The van der Waals surface area contributed by atoms with Crippen molar-refractivity contribution in [1.82, 2.24) is 20.1 Å². The highest BCUT2D eigenvalue weighted by Crippen LogP contribution is 2.24. The lowest BCUT2D eigenvalue weighted by Gasteiger charge is -2.32. The zero-order valence-electron chi connectivity index (χ0n) is 18.5. The molecule has 4 amide bonds. The first kappa shape index (κ1) is 22.6. The molecule has 9 nitrogen and oxygen atoms in total. The first-order valence-electron chi connectivity index (χ1n) is 11.0. The van der Waals surface area contributed by atoms with Crippen LogP contribution in [0.4, 0.5) is 0 Å². The molecule has 1 N–H and O–H groups in total. The van der Waals surface area contributed by atoms with E-state index in [2.05, 4.69) is 10.3 Å². The molecule has 9 heteroatoms. The third-order valence-corrected chi connectivity index (χ3v) is 5.96. The molecule has 0 saturated carbocycles.